The van der Waals surface area contributed by atoms with Crippen molar-refractivity contribution in [3.8, 4) is 0 Å². The minimum atomic E-state index is -0.626. The van der Waals surface area contributed by atoms with Crippen LogP contribution in [0.5, 0.6) is 0 Å². The normalized spacial score (nSPS) is 10.1. The van der Waals surface area contributed by atoms with Gasteiger partial charge in [-0.15, -0.1) is 0 Å². The first kappa shape index (κ1) is 15.6. The van der Waals surface area contributed by atoms with Crippen molar-refractivity contribution in [1.29, 1.82) is 0 Å². The number of amides is 3. The summed E-state index contributed by atoms with van der Waals surface area (Å²) in [6, 6.07) is 7.01. The van der Waals surface area contributed by atoms with Gasteiger partial charge in [-0.25, -0.2) is 9.18 Å². The Balaban J connectivity index is 1.75. The Morgan fingerprint density at radius 3 is 2.82 bits per heavy atom. The Morgan fingerprint density at radius 1 is 1.27 bits per heavy atom. The van der Waals surface area contributed by atoms with E-state index in [0.29, 0.717) is 11.4 Å². The fourth-order valence-electron chi connectivity index (χ4n) is 1.76. The van der Waals surface area contributed by atoms with E-state index in [9.17, 15) is 14.0 Å². The van der Waals surface area contributed by atoms with E-state index in [0.717, 1.165) is 5.56 Å². The van der Waals surface area contributed by atoms with Crippen LogP contribution in [0, 0.1) is 12.7 Å². The molecule has 1 heterocycles. The number of carbonyl (C=O) groups is 2. The van der Waals surface area contributed by atoms with Gasteiger partial charge in [0.25, 0.3) is 0 Å². The van der Waals surface area contributed by atoms with Gasteiger partial charge < -0.3 is 15.1 Å². The molecule has 2 aromatic rings. The van der Waals surface area contributed by atoms with Crippen molar-refractivity contribution >= 4 is 17.6 Å². The topological polar surface area (TPSA) is 83.4 Å². The number of benzene rings is 1. The summed E-state index contributed by atoms with van der Waals surface area (Å²) in [4.78, 5) is 23.1. The first-order chi connectivity index (χ1) is 10.5. The minimum Gasteiger partial charge on any atom is -0.467 e. The number of urea groups is 1. The standard InChI is InChI=1S/C15H16FN3O3/c1-10-4-5-11(16)7-13(10)17-9-14(20)19-15(21)18-8-12-3-2-6-22-12/h2-7,17H,8-9H2,1H3,(H2,18,19,20,21). The largest absolute Gasteiger partial charge is 0.467 e. The molecule has 0 radical (unpaired) electrons. The molecule has 0 spiro atoms. The molecule has 3 N–H and O–H groups in total. The Bertz CT molecular complexity index is 656. The van der Waals surface area contributed by atoms with Crippen LogP contribution in [0.4, 0.5) is 14.9 Å². The van der Waals surface area contributed by atoms with E-state index >= 15 is 0 Å². The molecule has 0 atom stereocenters. The third-order valence-corrected chi connectivity index (χ3v) is 2.90. The lowest BCUT2D eigenvalue weighted by Gasteiger charge is -2.10. The average Bonchev–Trinajstić information content (AvgIpc) is 2.99. The van der Waals surface area contributed by atoms with Crippen molar-refractivity contribution in [1.82, 2.24) is 10.6 Å². The molecule has 116 valence electrons. The van der Waals surface area contributed by atoms with Crippen LogP contribution < -0.4 is 16.0 Å². The number of imide groups is 1. The summed E-state index contributed by atoms with van der Waals surface area (Å²) in [5.41, 5.74) is 1.31. The van der Waals surface area contributed by atoms with Gasteiger partial charge in [0.15, 0.2) is 0 Å². The summed E-state index contributed by atoms with van der Waals surface area (Å²) in [7, 11) is 0. The molecular formula is C15H16FN3O3. The number of carbonyl (C=O) groups excluding carboxylic acids is 2. The molecule has 0 bridgehead atoms. The van der Waals surface area contributed by atoms with Gasteiger partial charge >= 0.3 is 6.03 Å². The summed E-state index contributed by atoms with van der Waals surface area (Å²) >= 11 is 0. The second-order valence-electron chi connectivity index (χ2n) is 4.62. The molecule has 3 amide bonds. The van der Waals surface area contributed by atoms with Gasteiger partial charge in [0.2, 0.25) is 5.91 Å². The predicted octanol–water partition coefficient (Wildman–Crippen LogP) is 2.17. The van der Waals surface area contributed by atoms with Crippen LogP contribution in [-0.2, 0) is 11.3 Å². The number of furan rings is 1. The highest BCUT2D eigenvalue weighted by atomic mass is 19.1. The second-order valence-corrected chi connectivity index (χ2v) is 4.62. The van der Waals surface area contributed by atoms with E-state index in [4.69, 9.17) is 4.42 Å². The monoisotopic (exact) mass is 305 g/mol. The molecule has 0 aliphatic carbocycles. The van der Waals surface area contributed by atoms with Crippen molar-refractivity contribution in [3.63, 3.8) is 0 Å². The maximum absolute atomic E-state index is 13.1. The first-order valence-electron chi connectivity index (χ1n) is 6.64. The molecule has 0 unspecified atom stereocenters. The van der Waals surface area contributed by atoms with E-state index in [2.05, 4.69) is 16.0 Å². The smallest absolute Gasteiger partial charge is 0.321 e. The molecule has 6 nitrogen and oxygen atoms in total. The third kappa shape index (κ3) is 4.62. The highest BCUT2D eigenvalue weighted by molar-refractivity contribution is 5.96. The van der Waals surface area contributed by atoms with Crippen LogP contribution in [0.3, 0.4) is 0 Å². The van der Waals surface area contributed by atoms with E-state index in [1.807, 2.05) is 0 Å². The van der Waals surface area contributed by atoms with Crippen LogP contribution in [0.1, 0.15) is 11.3 Å². The fraction of sp³-hybridized carbons (Fsp3) is 0.200. The van der Waals surface area contributed by atoms with Crippen molar-refractivity contribution in [3.05, 3.63) is 53.7 Å². The SMILES string of the molecule is Cc1ccc(F)cc1NCC(=O)NC(=O)NCc1ccco1. The van der Waals surface area contributed by atoms with Crippen LogP contribution in [0.2, 0.25) is 0 Å². The highest BCUT2D eigenvalue weighted by Crippen LogP contribution is 2.15. The van der Waals surface area contributed by atoms with Crippen molar-refractivity contribution in [2.75, 3.05) is 11.9 Å². The zero-order valence-corrected chi connectivity index (χ0v) is 12.0. The molecular weight excluding hydrogens is 289 g/mol. The number of hydrogen-bond donors (Lipinski definition) is 3. The number of anilines is 1. The summed E-state index contributed by atoms with van der Waals surface area (Å²) in [6.45, 7) is 1.83. The number of nitrogens with one attached hydrogen (secondary N) is 3. The van der Waals surface area contributed by atoms with Gasteiger partial charge in [0.1, 0.15) is 11.6 Å². The van der Waals surface area contributed by atoms with Gasteiger partial charge in [-0.3, -0.25) is 10.1 Å². The zero-order valence-electron chi connectivity index (χ0n) is 12.0. The highest BCUT2D eigenvalue weighted by Gasteiger charge is 2.08. The quantitative estimate of drug-likeness (QED) is 0.790. The van der Waals surface area contributed by atoms with E-state index in [1.165, 1.54) is 18.4 Å². The molecule has 1 aromatic heterocycles. The maximum atomic E-state index is 13.1. The molecule has 7 heteroatoms. The minimum absolute atomic E-state index is 0.140. The molecule has 0 aliphatic heterocycles. The lowest BCUT2D eigenvalue weighted by Crippen LogP contribution is -2.41. The van der Waals surface area contributed by atoms with Crippen LogP contribution >= 0.6 is 0 Å². The average molecular weight is 305 g/mol. The fourth-order valence-corrected chi connectivity index (χ4v) is 1.76. The summed E-state index contributed by atoms with van der Waals surface area (Å²) in [5.74, 6) is -0.346. The summed E-state index contributed by atoms with van der Waals surface area (Å²) in [6.07, 6.45) is 1.49. The Labute approximate surface area is 126 Å². The lowest BCUT2D eigenvalue weighted by atomic mass is 10.2. The third-order valence-electron chi connectivity index (χ3n) is 2.90. The molecule has 0 saturated heterocycles. The van der Waals surface area contributed by atoms with Gasteiger partial charge in [-0.2, -0.15) is 0 Å². The number of rotatable bonds is 5. The zero-order chi connectivity index (χ0) is 15.9. The van der Waals surface area contributed by atoms with Gasteiger partial charge in [0, 0.05) is 5.69 Å². The lowest BCUT2D eigenvalue weighted by molar-refractivity contribution is -0.118. The Morgan fingerprint density at radius 2 is 2.09 bits per heavy atom. The summed E-state index contributed by atoms with van der Waals surface area (Å²) in [5, 5.41) is 7.42. The van der Waals surface area contributed by atoms with Crippen molar-refractivity contribution in [2.45, 2.75) is 13.5 Å². The first-order valence-corrected chi connectivity index (χ1v) is 6.64. The molecule has 22 heavy (non-hydrogen) atoms. The van der Waals surface area contributed by atoms with Crippen molar-refractivity contribution < 1.29 is 18.4 Å². The van der Waals surface area contributed by atoms with Crippen molar-refractivity contribution in [2.24, 2.45) is 0 Å². The van der Waals surface area contributed by atoms with Gasteiger partial charge in [-0.1, -0.05) is 6.07 Å². The number of hydrogen-bond acceptors (Lipinski definition) is 4. The number of aryl methyl sites for hydroxylation is 1. The maximum Gasteiger partial charge on any atom is 0.321 e. The molecule has 1 aromatic carbocycles. The van der Waals surface area contributed by atoms with E-state index in [1.54, 1.807) is 25.1 Å². The predicted molar refractivity (Wildman–Crippen MR) is 78.7 cm³/mol. The van der Waals surface area contributed by atoms with E-state index in [-0.39, 0.29) is 13.1 Å². The van der Waals surface area contributed by atoms with Gasteiger partial charge in [0.05, 0.1) is 19.4 Å². The second kappa shape index (κ2) is 7.26. The summed E-state index contributed by atoms with van der Waals surface area (Å²) < 4.78 is 18.1. The molecule has 0 aliphatic rings. The van der Waals surface area contributed by atoms with Crippen LogP contribution in [0.15, 0.2) is 41.0 Å². The number of halogens is 1. The Hall–Kier alpha value is -2.83. The molecule has 0 fully saturated rings. The molecule has 2 rings (SSSR count). The molecule has 0 saturated carbocycles. The van der Waals surface area contributed by atoms with Crippen LogP contribution in [-0.4, -0.2) is 18.5 Å². The Kier molecular flexibility index (Phi) is 5.13. The van der Waals surface area contributed by atoms with Gasteiger partial charge in [-0.05, 0) is 36.8 Å². The van der Waals surface area contributed by atoms with Crippen LogP contribution in [0.25, 0.3) is 0 Å². The van der Waals surface area contributed by atoms with E-state index < -0.39 is 17.8 Å².